The summed E-state index contributed by atoms with van der Waals surface area (Å²) in [5.41, 5.74) is 4.02. The summed E-state index contributed by atoms with van der Waals surface area (Å²) in [6.07, 6.45) is 0.994. The van der Waals surface area contributed by atoms with Gasteiger partial charge in [-0.15, -0.1) is 0 Å². The molecular weight excluding hydrogens is 551 g/mol. The molecule has 0 aliphatic carbocycles. The molecular formula is C31H30Cl2N2O5. The standard InChI is InChI=1S/C31H30Cl2N2O5/c1-31(2)38-18-24(40-31)14-16-37-22-8-3-19(4-9-22)29-28-25(26-17-21(33)7-12-27(26)34-28)13-15-35(29)30(36)39-23-10-5-20(32)6-11-23/h3-12,17,24,29,34H,13-16,18H2,1-2H3/t24-,29+/m0/s1. The molecule has 0 bridgehead atoms. The van der Waals surface area contributed by atoms with Crippen molar-refractivity contribution in [1.29, 1.82) is 0 Å². The summed E-state index contributed by atoms with van der Waals surface area (Å²) in [5.74, 6) is 0.641. The van der Waals surface area contributed by atoms with Gasteiger partial charge in [0, 0.05) is 39.6 Å². The molecule has 208 valence electrons. The second-order valence-corrected chi connectivity index (χ2v) is 11.4. The van der Waals surface area contributed by atoms with Gasteiger partial charge in [-0.25, -0.2) is 4.79 Å². The van der Waals surface area contributed by atoms with Crippen molar-refractivity contribution in [2.24, 2.45) is 0 Å². The number of hydrogen-bond donors (Lipinski definition) is 1. The first-order valence-electron chi connectivity index (χ1n) is 13.3. The average molecular weight is 581 g/mol. The van der Waals surface area contributed by atoms with E-state index in [1.807, 2.05) is 56.3 Å². The number of benzene rings is 3. The third-order valence-electron chi connectivity index (χ3n) is 7.31. The van der Waals surface area contributed by atoms with Crippen LogP contribution in [-0.4, -0.2) is 47.6 Å². The molecule has 3 heterocycles. The van der Waals surface area contributed by atoms with Gasteiger partial charge >= 0.3 is 6.09 Å². The normalized spacial score (nSPS) is 19.9. The lowest BCUT2D eigenvalue weighted by Crippen LogP contribution is -2.42. The highest BCUT2D eigenvalue weighted by Gasteiger charge is 2.36. The van der Waals surface area contributed by atoms with Gasteiger partial charge in [0.1, 0.15) is 17.5 Å². The predicted octanol–water partition coefficient (Wildman–Crippen LogP) is 7.54. The Morgan fingerprint density at radius 3 is 2.48 bits per heavy atom. The highest BCUT2D eigenvalue weighted by molar-refractivity contribution is 6.31. The lowest BCUT2D eigenvalue weighted by atomic mass is 9.92. The molecule has 9 heteroatoms. The fraction of sp³-hybridized carbons (Fsp3) is 0.323. The number of amides is 1. The van der Waals surface area contributed by atoms with Crippen molar-refractivity contribution in [3.05, 3.63) is 93.6 Å². The zero-order chi connectivity index (χ0) is 27.9. The van der Waals surface area contributed by atoms with Crippen molar-refractivity contribution >= 4 is 40.2 Å². The Hall–Kier alpha value is -3.23. The van der Waals surface area contributed by atoms with Crippen LogP contribution in [-0.2, 0) is 15.9 Å². The van der Waals surface area contributed by atoms with Crippen LogP contribution in [0.3, 0.4) is 0 Å². The van der Waals surface area contributed by atoms with Crippen molar-refractivity contribution < 1.29 is 23.7 Å². The van der Waals surface area contributed by atoms with E-state index < -0.39 is 11.9 Å². The summed E-state index contributed by atoms with van der Waals surface area (Å²) in [4.78, 5) is 18.8. The highest BCUT2D eigenvalue weighted by Crippen LogP contribution is 2.40. The number of halogens is 2. The van der Waals surface area contributed by atoms with Gasteiger partial charge in [-0.1, -0.05) is 35.3 Å². The zero-order valence-corrected chi connectivity index (χ0v) is 23.8. The van der Waals surface area contributed by atoms with Gasteiger partial charge in [0.25, 0.3) is 0 Å². The van der Waals surface area contributed by atoms with Crippen LogP contribution in [0, 0.1) is 0 Å². The topological polar surface area (TPSA) is 73.0 Å². The third-order valence-corrected chi connectivity index (χ3v) is 7.80. The number of nitrogens with zero attached hydrogens (tertiary/aromatic N) is 1. The Labute approximate surface area is 242 Å². The number of fused-ring (bicyclic) bond motifs is 3. The van der Waals surface area contributed by atoms with Crippen LogP contribution in [0.15, 0.2) is 66.7 Å². The largest absolute Gasteiger partial charge is 0.493 e. The molecule has 0 radical (unpaired) electrons. The van der Waals surface area contributed by atoms with Crippen LogP contribution in [0.2, 0.25) is 10.0 Å². The lowest BCUT2D eigenvalue weighted by Gasteiger charge is -2.35. The summed E-state index contributed by atoms with van der Waals surface area (Å²) in [7, 11) is 0. The van der Waals surface area contributed by atoms with Gasteiger partial charge in [-0.3, -0.25) is 4.90 Å². The Kier molecular flexibility index (Phi) is 7.40. The summed E-state index contributed by atoms with van der Waals surface area (Å²) in [5, 5.41) is 2.32. The number of aromatic amines is 1. The van der Waals surface area contributed by atoms with Crippen LogP contribution in [0.25, 0.3) is 10.9 Å². The lowest BCUT2D eigenvalue weighted by molar-refractivity contribution is -0.139. The summed E-state index contributed by atoms with van der Waals surface area (Å²) < 4.78 is 23.2. The molecule has 1 N–H and O–H groups in total. The van der Waals surface area contributed by atoms with E-state index in [-0.39, 0.29) is 12.1 Å². The number of H-pyrrole nitrogens is 1. The van der Waals surface area contributed by atoms with Gasteiger partial charge in [-0.2, -0.15) is 0 Å². The fourth-order valence-corrected chi connectivity index (χ4v) is 5.72. The number of aromatic nitrogens is 1. The second-order valence-electron chi connectivity index (χ2n) is 10.5. The average Bonchev–Trinajstić information content (AvgIpc) is 3.48. The molecule has 2 aliphatic heterocycles. The van der Waals surface area contributed by atoms with Crippen molar-refractivity contribution in [2.45, 2.75) is 44.6 Å². The first kappa shape index (κ1) is 27.0. The van der Waals surface area contributed by atoms with Crippen molar-refractivity contribution in [3.8, 4) is 11.5 Å². The Morgan fingerprint density at radius 2 is 1.75 bits per heavy atom. The van der Waals surface area contributed by atoms with E-state index in [1.165, 1.54) is 0 Å². The minimum Gasteiger partial charge on any atom is -0.493 e. The number of nitrogens with one attached hydrogen (secondary N) is 1. The molecule has 4 aromatic rings. The predicted molar refractivity (Wildman–Crippen MR) is 154 cm³/mol. The summed E-state index contributed by atoms with van der Waals surface area (Å²) in [6.45, 7) is 5.40. The SMILES string of the molecule is CC1(C)OC[C@H](CCOc2ccc([C@@H]3c4[nH]c5ccc(Cl)cc5c4CCN3C(=O)Oc3ccc(Cl)cc3)cc2)O1. The van der Waals surface area contributed by atoms with Gasteiger partial charge in [0.2, 0.25) is 0 Å². The van der Waals surface area contributed by atoms with Crippen LogP contribution in [0.1, 0.15) is 43.1 Å². The Balaban J connectivity index is 1.25. The Bertz CT molecular complexity index is 1520. The maximum absolute atomic E-state index is 13.5. The van der Waals surface area contributed by atoms with Crippen LogP contribution >= 0.6 is 23.2 Å². The number of ether oxygens (including phenoxy) is 4. The van der Waals surface area contributed by atoms with Gasteiger partial charge in [-0.05, 0) is 86.0 Å². The number of hydrogen-bond acceptors (Lipinski definition) is 5. The van der Waals surface area contributed by atoms with Gasteiger partial charge in [0.15, 0.2) is 5.79 Å². The zero-order valence-electron chi connectivity index (χ0n) is 22.3. The smallest absolute Gasteiger partial charge is 0.416 e. The number of carbonyl (C=O) groups is 1. The summed E-state index contributed by atoms with van der Waals surface area (Å²) >= 11 is 12.3. The molecule has 1 aromatic heterocycles. The quantitative estimate of drug-likeness (QED) is 0.255. The van der Waals surface area contributed by atoms with E-state index in [2.05, 4.69) is 4.98 Å². The fourth-order valence-electron chi connectivity index (χ4n) is 5.43. The monoisotopic (exact) mass is 580 g/mol. The minimum atomic E-state index is -0.542. The molecule has 2 aliphatic rings. The minimum absolute atomic E-state index is 0.0191. The molecule has 40 heavy (non-hydrogen) atoms. The van der Waals surface area contributed by atoms with E-state index in [9.17, 15) is 4.79 Å². The molecule has 2 atom stereocenters. The first-order valence-corrected chi connectivity index (χ1v) is 14.1. The molecule has 7 nitrogen and oxygen atoms in total. The molecule has 1 fully saturated rings. The van der Waals surface area contributed by atoms with Gasteiger partial charge < -0.3 is 23.9 Å². The molecule has 0 spiro atoms. The summed E-state index contributed by atoms with van der Waals surface area (Å²) in [6, 6.07) is 20.1. The van der Waals surface area contributed by atoms with Crippen LogP contribution in [0.5, 0.6) is 11.5 Å². The van der Waals surface area contributed by atoms with E-state index in [0.717, 1.165) is 39.9 Å². The molecule has 1 saturated heterocycles. The maximum Gasteiger partial charge on any atom is 0.416 e. The third kappa shape index (κ3) is 5.65. The first-order chi connectivity index (χ1) is 19.3. The second kappa shape index (κ2) is 11.0. The molecule has 3 aromatic carbocycles. The van der Waals surface area contributed by atoms with Gasteiger partial charge in [0.05, 0.1) is 19.3 Å². The van der Waals surface area contributed by atoms with E-state index >= 15 is 0 Å². The number of rotatable bonds is 6. The maximum atomic E-state index is 13.5. The van der Waals surface area contributed by atoms with Crippen molar-refractivity contribution in [1.82, 2.24) is 9.88 Å². The van der Waals surface area contributed by atoms with E-state index in [0.29, 0.717) is 42.0 Å². The van der Waals surface area contributed by atoms with Crippen molar-refractivity contribution in [3.63, 3.8) is 0 Å². The molecule has 0 unspecified atom stereocenters. The molecule has 6 rings (SSSR count). The van der Waals surface area contributed by atoms with E-state index in [1.54, 1.807) is 29.2 Å². The molecule has 0 saturated carbocycles. The van der Waals surface area contributed by atoms with E-state index in [4.69, 9.17) is 42.1 Å². The van der Waals surface area contributed by atoms with Crippen LogP contribution < -0.4 is 9.47 Å². The highest BCUT2D eigenvalue weighted by atomic mass is 35.5. The molecule has 1 amide bonds. The van der Waals surface area contributed by atoms with Crippen LogP contribution in [0.4, 0.5) is 4.79 Å². The van der Waals surface area contributed by atoms with Crippen molar-refractivity contribution in [2.75, 3.05) is 19.8 Å². The number of carbonyl (C=O) groups excluding carboxylic acids is 1. The Morgan fingerprint density at radius 1 is 1.02 bits per heavy atom.